The Bertz CT molecular complexity index is 673. The van der Waals surface area contributed by atoms with Crippen molar-refractivity contribution < 1.29 is 8.42 Å². The van der Waals surface area contributed by atoms with Crippen molar-refractivity contribution in [3.05, 3.63) is 66.2 Å². The van der Waals surface area contributed by atoms with Gasteiger partial charge in [0, 0.05) is 0 Å². The van der Waals surface area contributed by atoms with E-state index in [1.807, 2.05) is 18.2 Å². The molecule has 2 rings (SSSR count). The highest BCUT2D eigenvalue weighted by atomic mass is 32.2. The third-order valence-electron chi connectivity index (χ3n) is 2.63. The summed E-state index contributed by atoms with van der Waals surface area (Å²) in [7, 11) is -3.61. The molecule has 0 bridgehead atoms. The summed E-state index contributed by atoms with van der Waals surface area (Å²) in [6.07, 6.45) is 5.41. The quantitative estimate of drug-likeness (QED) is 0.868. The molecule has 0 spiro atoms. The molecule has 1 unspecified atom stereocenters. The first kappa shape index (κ1) is 13.3. The molecule has 0 saturated carbocycles. The minimum absolute atomic E-state index is 0.200. The number of hydrogen-bond donors (Lipinski definition) is 1. The van der Waals surface area contributed by atoms with Gasteiger partial charge in [-0.05, 0) is 17.7 Å². The Labute approximate surface area is 113 Å². The maximum Gasteiger partial charge on any atom is 0.241 e. The van der Waals surface area contributed by atoms with Crippen LogP contribution in [0.2, 0.25) is 0 Å². The Morgan fingerprint density at radius 3 is 2.00 bits per heavy atom. The molecule has 0 fully saturated rings. The predicted molar refractivity (Wildman–Crippen MR) is 74.8 cm³/mol. The van der Waals surface area contributed by atoms with Gasteiger partial charge in [0.15, 0.2) is 0 Å². The minimum Gasteiger partial charge on any atom is -0.207 e. The van der Waals surface area contributed by atoms with Crippen LogP contribution in [0.4, 0.5) is 0 Å². The average molecular weight is 271 g/mol. The van der Waals surface area contributed by atoms with Gasteiger partial charge in [0.1, 0.15) is 6.04 Å². The third-order valence-corrected chi connectivity index (χ3v) is 4.06. The van der Waals surface area contributed by atoms with Crippen LogP contribution in [0.3, 0.4) is 0 Å². The van der Waals surface area contributed by atoms with E-state index in [-0.39, 0.29) is 4.90 Å². The summed E-state index contributed by atoms with van der Waals surface area (Å²) in [6, 6.07) is 16.5. The van der Waals surface area contributed by atoms with E-state index in [0.29, 0.717) is 0 Å². The second-order valence-corrected chi connectivity index (χ2v) is 5.66. The summed E-state index contributed by atoms with van der Waals surface area (Å²) in [4.78, 5) is 0.200. The summed E-state index contributed by atoms with van der Waals surface area (Å²) >= 11 is 0. The van der Waals surface area contributed by atoms with Crippen LogP contribution in [0.15, 0.2) is 65.6 Å². The van der Waals surface area contributed by atoms with Gasteiger partial charge in [-0.3, -0.25) is 0 Å². The van der Waals surface area contributed by atoms with Crippen molar-refractivity contribution in [2.45, 2.75) is 10.9 Å². The molecule has 0 aliphatic heterocycles. The Balaban J connectivity index is 2.28. The van der Waals surface area contributed by atoms with E-state index >= 15 is 0 Å². The predicted octanol–water partition coefficient (Wildman–Crippen LogP) is 2.34. The lowest BCUT2D eigenvalue weighted by Gasteiger charge is -2.13. The number of nitrogens with one attached hydrogen (secondary N) is 1. The zero-order valence-electron chi connectivity index (χ0n) is 10.2. The van der Waals surface area contributed by atoms with Gasteiger partial charge in [-0.2, -0.15) is 4.72 Å². The van der Waals surface area contributed by atoms with Crippen LogP contribution in [0, 0.1) is 12.3 Å². The van der Waals surface area contributed by atoms with Gasteiger partial charge in [0.25, 0.3) is 0 Å². The Kier molecular flexibility index (Phi) is 4.00. The molecular formula is C15H13NO2S. The number of benzene rings is 2. The smallest absolute Gasteiger partial charge is 0.207 e. The van der Waals surface area contributed by atoms with E-state index in [1.54, 1.807) is 30.3 Å². The third kappa shape index (κ3) is 3.22. The molecule has 3 nitrogen and oxygen atoms in total. The lowest BCUT2D eigenvalue weighted by Crippen LogP contribution is -2.27. The molecule has 96 valence electrons. The van der Waals surface area contributed by atoms with Crippen LogP contribution >= 0.6 is 0 Å². The first-order chi connectivity index (χ1) is 9.13. The second-order valence-electron chi connectivity index (χ2n) is 3.94. The molecule has 0 saturated heterocycles. The van der Waals surface area contributed by atoms with Crippen LogP contribution < -0.4 is 4.72 Å². The first-order valence-corrected chi connectivity index (χ1v) is 7.20. The maximum absolute atomic E-state index is 12.2. The molecule has 1 N–H and O–H groups in total. The first-order valence-electron chi connectivity index (χ1n) is 5.72. The molecule has 0 aliphatic carbocycles. The molecule has 0 radical (unpaired) electrons. The normalized spacial score (nSPS) is 12.6. The van der Waals surface area contributed by atoms with Crippen molar-refractivity contribution >= 4 is 10.0 Å². The van der Waals surface area contributed by atoms with Gasteiger partial charge < -0.3 is 0 Å². The van der Waals surface area contributed by atoms with Crippen molar-refractivity contribution in [1.29, 1.82) is 0 Å². The molecule has 0 heterocycles. The summed E-state index contributed by atoms with van der Waals surface area (Å²) in [5.74, 6) is 2.45. The number of terminal acetylenes is 1. The Morgan fingerprint density at radius 1 is 0.947 bits per heavy atom. The van der Waals surface area contributed by atoms with E-state index in [4.69, 9.17) is 6.42 Å². The molecule has 0 aromatic heterocycles. The van der Waals surface area contributed by atoms with E-state index in [1.165, 1.54) is 12.1 Å². The van der Waals surface area contributed by atoms with Crippen molar-refractivity contribution in [1.82, 2.24) is 4.72 Å². The van der Waals surface area contributed by atoms with Crippen molar-refractivity contribution in [2.75, 3.05) is 0 Å². The molecule has 1 atom stereocenters. The number of rotatable bonds is 4. The molecule has 19 heavy (non-hydrogen) atoms. The molecule has 2 aromatic rings. The van der Waals surface area contributed by atoms with Crippen molar-refractivity contribution in [2.24, 2.45) is 0 Å². The van der Waals surface area contributed by atoms with Crippen LogP contribution in [-0.4, -0.2) is 8.42 Å². The summed E-state index contributed by atoms with van der Waals surface area (Å²) in [6.45, 7) is 0. The van der Waals surface area contributed by atoms with Crippen LogP contribution in [0.5, 0.6) is 0 Å². The van der Waals surface area contributed by atoms with E-state index in [9.17, 15) is 8.42 Å². The van der Waals surface area contributed by atoms with Gasteiger partial charge in [-0.25, -0.2) is 8.42 Å². The molecular weight excluding hydrogens is 258 g/mol. The van der Waals surface area contributed by atoms with Crippen LogP contribution in [0.1, 0.15) is 11.6 Å². The zero-order chi connectivity index (χ0) is 13.7. The Hall–Kier alpha value is -2.09. The van der Waals surface area contributed by atoms with E-state index in [0.717, 1.165) is 5.56 Å². The van der Waals surface area contributed by atoms with Gasteiger partial charge in [-0.1, -0.05) is 54.5 Å². The topological polar surface area (TPSA) is 46.2 Å². The number of hydrogen-bond acceptors (Lipinski definition) is 2. The average Bonchev–Trinajstić information content (AvgIpc) is 2.47. The summed E-state index contributed by atoms with van der Waals surface area (Å²) in [5.41, 5.74) is 0.740. The Morgan fingerprint density at radius 2 is 1.47 bits per heavy atom. The van der Waals surface area contributed by atoms with Crippen molar-refractivity contribution in [3.8, 4) is 12.3 Å². The fourth-order valence-electron chi connectivity index (χ4n) is 1.67. The fourth-order valence-corrected chi connectivity index (χ4v) is 2.83. The monoisotopic (exact) mass is 271 g/mol. The highest BCUT2D eigenvalue weighted by Gasteiger charge is 2.19. The summed E-state index contributed by atoms with van der Waals surface area (Å²) < 4.78 is 26.8. The van der Waals surface area contributed by atoms with Gasteiger partial charge >= 0.3 is 0 Å². The number of sulfonamides is 1. The lowest BCUT2D eigenvalue weighted by atomic mass is 10.1. The van der Waals surface area contributed by atoms with Crippen molar-refractivity contribution in [3.63, 3.8) is 0 Å². The minimum atomic E-state index is -3.61. The largest absolute Gasteiger partial charge is 0.241 e. The van der Waals surface area contributed by atoms with Crippen LogP contribution in [-0.2, 0) is 10.0 Å². The fraction of sp³-hybridized carbons (Fsp3) is 0.0667. The summed E-state index contributed by atoms with van der Waals surface area (Å²) in [5, 5.41) is 0. The van der Waals surface area contributed by atoms with E-state index in [2.05, 4.69) is 10.6 Å². The molecule has 0 aliphatic rings. The molecule has 4 heteroatoms. The maximum atomic E-state index is 12.2. The zero-order valence-corrected chi connectivity index (χ0v) is 11.0. The van der Waals surface area contributed by atoms with Gasteiger partial charge in [-0.15, -0.1) is 6.42 Å². The lowest BCUT2D eigenvalue weighted by molar-refractivity contribution is 0.576. The standard InChI is InChI=1S/C15H13NO2S/c1-2-15(13-9-5-3-6-10-13)16-19(17,18)14-11-7-4-8-12-14/h1,3-12,15-16H. The highest BCUT2D eigenvalue weighted by Crippen LogP contribution is 2.16. The van der Waals surface area contributed by atoms with Gasteiger partial charge in [0.05, 0.1) is 4.90 Å². The molecule has 2 aromatic carbocycles. The highest BCUT2D eigenvalue weighted by molar-refractivity contribution is 7.89. The second kappa shape index (κ2) is 5.70. The van der Waals surface area contributed by atoms with Gasteiger partial charge in [0.2, 0.25) is 10.0 Å². The SMILES string of the molecule is C#CC(NS(=O)(=O)c1ccccc1)c1ccccc1. The van der Waals surface area contributed by atoms with Crippen LogP contribution in [0.25, 0.3) is 0 Å². The van der Waals surface area contributed by atoms with E-state index < -0.39 is 16.1 Å². The molecule has 0 amide bonds.